The molecule has 1 saturated carbocycles. The van der Waals surface area contributed by atoms with Gasteiger partial charge in [-0.2, -0.15) is 0 Å². The fourth-order valence-corrected chi connectivity index (χ4v) is 2.18. The fraction of sp³-hybridized carbons (Fsp3) is 0.917. The molecule has 4 heteroatoms. The third-order valence-corrected chi connectivity index (χ3v) is 3.22. The van der Waals surface area contributed by atoms with Gasteiger partial charge in [0.1, 0.15) is 0 Å². The minimum Gasteiger partial charge on any atom is -0.378 e. The lowest BCUT2D eigenvalue weighted by atomic mass is 9.80. The highest BCUT2D eigenvalue weighted by Gasteiger charge is 2.30. The quantitative estimate of drug-likeness (QED) is 0.528. The van der Waals surface area contributed by atoms with E-state index in [1.54, 1.807) is 0 Å². The van der Waals surface area contributed by atoms with E-state index in [-0.39, 0.29) is 5.91 Å². The first-order valence-corrected chi connectivity index (χ1v) is 6.74. The van der Waals surface area contributed by atoms with Crippen molar-refractivity contribution in [2.75, 3.05) is 19.0 Å². The standard InChI is InChI=1S/C12H22ClNO2/c1-2-16-11-7-10(8-11)9-12(15)14-6-4-3-5-13/h10-11H,2-9H2,1H3,(H,14,15). The number of carbonyl (C=O) groups excluding carboxylic acids is 1. The minimum absolute atomic E-state index is 0.175. The third-order valence-electron chi connectivity index (χ3n) is 2.95. The second kappa shape index (κ2) is 7.91. The summed E-state index contributed by atoms with van der Waals surface area (Å²) in [5.41, 5.74) is 0. The van der Waals surface area contributed by atoms with Crippen LogP contribution in [0.25, 0.3) is 0 Å². The molecule has 16 heavy (non-hydrogen) atoms. The first-order valence-electron chi connectivity index (χ1n) is 6.20. The van der Waals surface area contributed by atoms with Crippen molar-refractivity contribution in [3.63, 3.8) is 0 Å². The van der Waals surface area contributed by atoms with E-state index in [0.717, 1.165) is 38.8 Å². The number of carbonyl (C=O) groups is 1. The van der Waals surface area contributed by atoms with Crippen molar-refractivity contribution in [3.05, 3.63) is 0 Å². The summed E-state index contributed by atoms with van der Waals surface area (Å²) in [5.74, 6) is 1.38. The highest BCUT2D eigenvalue weighted by molar-refractivity contribution is 6.17. The summed E-state index contributed by atoms with van der Waals surface area (Å²) >= 11 is 5.55. The number of nitrogens with one attached hydrogen (secondary N) is 1. The van der Waals surface area contributed by atoms with Gasteiger partial charge in [0.15, 0.2) is 0 Å². The van der Waals surface area contributed by atoms with Crippen LogP contribution in [-0.2, 0) is 9.53 Å². The van der Waals surface area contributed by atoms with Gasteiger partial charge in [0.2, 0.25) is 5.91 Å². The fourth-order valence-electron chi connectivity index (χ4n) is 1.99. The van der Waals surface area contributed by atoms with Crippen LogP contribution >= 0.6 is 11.6 Å². The van der Waals surface area contributed by atoms with Gasteiger partial charge in [-0.25, -0.2) is 0 Å². The van der Waals surface area contributed by atoms with Crippen LogP contribution in [0.3, 0.4) is 0 Å². The Balaban J connectivity index is 1.95. The average molecular weight is 248 g/mol. The summed E-state index contributed by atoms with van der Waals surface area (Å²) in [6.45, 7) is 3.55. The van der Waals surface area contributed by atoms with Crippen molar-refractivity contribution in [2.45, 2.75) is 45.1 Å². The zero-order chi connectivity index (χ0) is 11.8. The van der Waals surface area contributed by atoms with E-state index in [2.05, 4.69) is 5.32 Å². The topological polar surface area (TPSA) is 38.3 Å². The Morgan fingerprint density at radius 3 is 2.81 bits per heavy atom. The van der Waals surface area contributed by atoms with E-state index in [9.17, 15) is 4.79 Å². The maximum absolute atomic E-state index is 11.5. The molecule has 0 aromatic rings. The maximum atomic E-state index is 11.5. The molecular formula is C12H22ClNO2. The van der Waals surface area contributed by atoms with Crippen LogP contribution in [0.15, 0.2) is 0 Å². The normalized spacial score (nSPS) is 23.9. The molecule has 0 radical (unpaired) electrons. The summed E-state index contributed by atoms with van der Waals surface area (Å²) < 4.78 is 5.46. The molecule has 3 nitrogen and oxygen atoms in total. The van der Waals surface area contributed by atoms with Gasteiger partial charge < -0.3 is 10.1 Å². The van der Waals surface area contributed by atoms with Crippen LogP contribution in [0, 0.1) is 5.92 Å². The number of amides is 1. The number of hydrogen-bond donors (Lipinski definition) is 1. The molecule has 1 fully saturated rings. The predicted molar refractivity (Wildman–Crippen MR) is 65.7 cm³/mol. The number of hydrogen-bond acceptors (Lipinski definition) is 2. The van der Waals surface area contributed by atoms with Crippen LogP contribution in [0.1, 0.15) is 39.0 Å². The number of ether oxygens (including phenoxy) is 1. The highest BCUT2D eigenvalue weighted by atomic mass is 35.5. The van der Waals surface area contributed by atoms with Gasteiger partial charge in [-0.3, -0.25) is 4.79 Å². The molecule has 1 aliphatic carbocycles. The summed E-state index contributed by atoms with van der Waals surface area (Å²) in [6.07, 6.45) is 5.09. The number of unbranched alkanes of at least 4 members (excludes halogenated alkanes) is 1. The number of alkyl halides is 1. The molecule has 1 aliphatic rings. The van der Waals surface area contributed by atoms with Crippen molar-refractivity contribution in [3.8, 4) is 0 Å². The molecule has 0 aromatic carbocycles. The Morgan fingerprint density at radius 2 is 2.19 bits per heavy atom. The van der Waals surface area contributed by atoms with E-state index in [1.165, 1.54) is 0 Å². The Bertz CT molecular complexity index is 205. The molecular weight excluding hydrogens is 226 g/mol. The van der Waals surface area contributed by atoms with E-state index in [4.69, 9.17) is 16.3 Å². The molecule has 0 aliphatic heterocycles. The summed E-state index contributed by atoms with van der Waals surface area (Å²) in [4.78, 5) is 11.5. The van der Waals surface area contributed by atoms with E-state index >= 15 is 0 Å². The Morgan fingerprint density at radius 1 is 1.44 bits per heavy atom. The van der Waals surface area contributed by atoms with Crippen LogP contribution in [0.4, 0.5) is 0 Å². The third kappa shape index (κ3) is 5.17. The molecule has 0 saturated heterocycles. The van der Waals surface area contributed by atoms with Gasteiger partial charge >= 0.3 is 0 Å². The number of rotatable bonds is 8. The smallest absolute Gasteiger partial charge is 0.220 e. The molecule has 1 rings (SSSR count). The Hall–Kier alpha value is -0.280. The molecule has 1 N–H and O–H groups in total. The van der Waals surface area contributed by atoms with E-state index in [1.807, 2.05) is 6.92 Å². The first-order chi connectivity index (χ1) is 7.76. The van der Waals surface area contributed by atoms with Gasteiger partial charge in [-0.15, -0.1) is 11.6 Å². The average Bonchev–Trinajstić information content (AvgIpc) is 2.21. The van der Waals surface area contributed by atoms with Gasteiger partial charge in [-0.05, 0) is 38.5 Å². The SMILES string of the molecule is CCOC1CC(CC(=O)NCCCCCl)C1. The zero-order valence-corrected chi connectivity index (χ0v) is 10.8. The first kappa shape index (κ1) is 13.8. The molecule has 0 atom stereocenters. The van der Waals surface area contributed by atoms with E-state index in [0.29, 0.717) is 24.3 Å². The molecule has 0 spiro atoms. The minimum atomic E-state index is 0.175. The molecule has 0 unspecified atom stereocenters. The molecule has 0 aromatic heterocycles. The summed E-state index contributed by atoms with van der Waals surface area (Å²) in [7, 11) is 0. The molecule has 0 heterocycles. The van der Waals surface area contributed by atoms with Gasteiger partial charge in [0.05, 0.1) is 6.10 Å². The van der Waals surface area contributed by atoms with E-state index < -0.39 is 0 Å². The maximum Gasteiger partial charge on any atom is 0.220 e. The van der Waals surface area contributed by atoms with Gasteiger partial charge in [0.25, 0.3) is 0 Å². The summed E-state index contributed by atoms with van der Waals surface area (Å²) in [5, 5.41) is 2.93. The van der Waals surface area contributed by atoms with Crippen LogP contribution in [0.2, 0.25) is 0 Å². The second-order valence-electron chi connectivity index (χ2n) is 4.36. The predicted octanol–water partition coefficient (Wildman–Crippen LogP) is 2.33. The van der Waals surface area contributed by atoms with Crippen molar-refractivity contribution >= 4 is 17.5 Å². The zero-order valence-electron chi connectivity index (χ0n) is 10.0. The van der Waals surface area contributed by atoms with Gasteiger partial charge in [-0.1, -0.05) is 0 Å². The lowest BCUT2D eigenvalue weighted by Crippen LogP contribution is -2.36. The largest absolute Gasteiger partial charge is 0.378 e. The molecule has 94 valence electrons. The van der Waals surface area contributed by atoms with Crippen molar-refractivity contribution in [1.29, 1.82) is 0 Å². The van der Waals surface area contributed by atoms with Crippen molar-refractivity contribution < 1.29 is 9.53 Å². The van der Waals surface area contributed by atoms with Gasteiger partial charge in [0, 0.05) is 25.5 Å². The van der Waals surface area contributed by atoms with Crippen molar-refractivity contribution in [2.24, 2.45) is 5.92 Å². The second-order valence-corrected chi connectivity index (χ2v) is 4.74. The van der Waals surface area contributed by atoms with Crippen molar-refractivity contribution in [1.82, 2.24) is 5.32 Å². The molecule has 1 amide bonds. The Kier molecular flexibility index (Phi) is 6.81. The lowest BCUT2D eigenvalue weighted by molar-refractivity contribution is -0.124. The monoisotopic (exact) mass is 247 g/mol. The summed E-state index contributed by atoms with van der Waals surface area (Å²) in [6, 6.07) is 0. The van der Waals surface area contributed by atoms with Crippen LogP contribution in [-0.4, -0.2) is 31.0 Å². The Labute approximate surface area is 103 Å². The number of halogens is 1. The lowest BCUT2D eigenvalue weighted by Gasteiger charge is -2.34. The highest BCUT2D eigenvalue weighted by Crippen LogP contribution is 2.32. The van der Waals surface area contributed by atoms with Crippen LogP contribution < -0.4 is 5.32 Å². The molecule has 0 bridgehead atoms. The van der Waals surface area contributed by atoms with Crippen LogP contribution in [0.5, 0.6) is 0 Å².